The van der Waals surface area contributed by atoms with E-state index in [9.17, 15) is 4.91 Å². The average molecular weight is 343 g/mol. The number of hydrogen-bond acceptors (Lipinski definition) is 3. The van der Waals surface area contributed by atoms with Crippen LogP contribution in [0.4, 0.5) is 11.4 Å². The van der Waals surface area contributed by atoms with E-state index in [4.69, 9.17) is 9.47 Å². The highest BCUT2D eigenvalue weighted by molar-refractivity contribution is 5.45. The number of anilines is 1. The summed E-state index contributed by atoms with van der Waals surface area (Å²) in [5.74, 6) is 1.59. The molecule has 0 heterocycles. The highest BCUT2D eigenvalue weighted by atomic mass is 16.5. The molecule has 0 spiro atoms. The van der Waals surface area contributed by atoms with Crippen LogP contribution >= 0.6 is 0 Å². The van der Waals surface area contributed by atoms with Crippen LogP contribution in [-0.2, 0) is 0 Å². The quantitative estimate of drug-likeness (QED) is 0.333. The molecule has 0 radical (unpaired) electrons. The first-order chi connectivity index (χ1) is 12.2. The summed E-state index contributed by atoms with van der Waals surface area (Å²) >= 11 is 0. The van der Waals surface area contributed by atoms with Gasteiger partial charge in [-0.2, -0.15) is 0 Å². The van der Waals surface area contributed by atoms with E-state index in [0.717, 1.165) is 42.1 Å². The van der Waals surface area contributed by atoms with E-state index in [0.29, 0.717) is 24.6 Å². The molecular weight excluding hydrogens is 316 g/mol. The third kappa shape index (κ3) is 6.45. The van der Waals surface area contributed by atoms with Crippen molar-refractivity contribution in [3.63, 3.8) is 0 Å². The molecule has 0 aliphatic rings. The Labute approximate surface area is 149 Å². The van der Waals surface area contributed by atoms with E-state index in [2.05, 4.69) is 19.3 Å². The summed E-state index contributed by atoms with van der Waals surface area (Å²) in [6.45, 7) is 5.66. The van der Waals surface area contributed by atoms with Crippen LogP contribution in [0.15, 0.2) is 48.5 Å². The van der Waals surface area contributed by atoms with Crippen molar-refractivity contribution >= 4 is 11.4 Å². The molecule has 0 saturated carbocycles. The zero-order valence-electron chi connectivity index (χ0n) is 15.0. The topological polar surface area (TPSA) is 50.6 Å². The molecule has 0 aromatic heterocycles. The van der Waals surface area contributed by atoms with Crippen molar-refractivity contribution < 1.29 is 14.3 Å². The van der Waals surface area contributed by atoms with Gasteiger partial charge in [-0.25, -0.2) is 0 Å². The van der Waals surface area contributed by atoms with Gasteiger partial charge < -0.3 is 9.47 Å². The van der Waals surface area contributed by atoms with Gasteiger partial charge in [-0.15, -0.1) is 5.43 Å². The van der Waals surface area contributed by atoms with Crippen molar-refractivity contribution in [3.05, 3.63) is 53.4 Å². The fourth-order valence-corrected chi connectivity index (χ4v) is 2.15. The lowest BCUT2D eigenvalue weighted by molar-refractivity contribution is -0.427. The smallest absolute Gasteiger partial charge is 0.292 e. The molecule has 2 rings (SSSR count). The number of unbranched alkanes of at least 4 members (excludes halogenated alkanes) is 2. The maximum atomic E-state index is 12.2. The summed E-state index contributed by atoms with van der Waals surface area (Å²) in [6.07, 6.45) is 4.26. The summed E-state index contributed by atoms with van der Waals surface area (Å²) in [6, 6.07) is 14.5. The van der Waals surface area contributed by atoms with Crippen LogP contribution in [0.2, 0.25) is 0 Å². The fourth-order valence-electron chi connectivity index (χ4n) is 2.15. The largest absolute Gasteiger partial charge is 0.494 e. The molecule has 2 aromatic rings. The number of nitrogens with zero attached hydrogens (tertiary/aromatic N) is 1. The summed E-state index contributed by atoms with van der Waals surface area (Å²) < 4.78 is 11.2. The molecule has 0 fully saturated rings. The number of nitrogens with one attached hydrogen (secondary N) is 1. The molecule has 0 unspecified atom stereocenters. The van der Waals surface area contributed by atoms with Gasteiger partial charge >= 0.3 is 0 Å². The molecule has 1 N–H and O–H groups in total. The van der Waals surface area contributed by atoms with Crippen molar-refractivity contribution in [2.45, 2.75) is 39.5 Å². The Balaban J connectivity index is 1.86. The number of hydrogen-bond donors (Lipinski definition) is 1. The van der Waals surface area contributed by atoms with Crippen LogP contribution in [0.5, 0.6) is 11.5 Å². The number of rotatable bonds is 11. The molecule has 0 aliphatic carbocycles. The average Bonchev–Trinajstić information content (AvgIpc) is 2.64. The maximum Gasteiger partial charge on any atom is 0.292 e. The van der Waals surface area contributed by atoms with Crippen molar-refractivity contribution in [2.75, 3.05) is 18.6 Å². The Morgan fingerprint density at radius 3 is 1.76 bits per heavy atom. The van der Waals surface area contributed by atoms with E-state index in [1.807, 2.05) is 36.4 Å². The summed E-state index contributed by atoms with van der Waals surface area (Å²) in [4.78, 5) is 13.0. The second-order valence-corrected chi connectivity index (χ2v) is 5.83. The normalized spacial score (nSPS) is 10.3. The highest BCUT2D eigenvalue weighted by Gasteiger charge is 2.14. The van der Waals surface area contributed by atoms with Crippen molar-refractivity contribution in [2.24, 2.45) is 0 Å². The SMILES string of the molecule is CCCCOc1ccc(N[N+](=O)c2ccc(OCCCC)cc2)cc1. The minimum absolute atomic E-state index is 0.520. The van der Waals surface area contributed by atoms with Crippen LogP contribution in [0.1, 0.15) is 39.5 Å². The second-order valence-electron chi connectivity index (χ2n) is 5.83. The van der Waals surface area contributed by atoms with Crippen LogP contribution < -0.4 is 14.9 Å². The van der Waals surface area contributed by atoms with Crippen molar-refractivity contribution in [3.8, 4) is 11.5 Å². The first-order valence-corrected chi connectivity index (χ1v) is 8.92. The number of benzene rings is 2. The first-order valence-electron chi connectivity index (χ1n) is 8.92. The van der Waals surface area contributed by atoms with E-state index in [-0.39, 0.29) is 0 Å². The Bertz CT molecular complexity index is 639. The van der Waals surface area contributed by atoms with Crippen molar-refractivity contribution in [1.29, 1.82) is 0 Å². The third-order valence-corrected chi connectivity index (χ3v) is 3.69. The first kappa shape index (κ1) is 18.8. The second kappa shape index (κ2) is 10.3. The highest BCUT2D eigenvalue weighted by Crippen LogP contribution is 2.21. The minimum atomic E-state index is 0.520. The van der Waals surface area contributed by atoms with Gasteiger partial charge in [-0.05, 0) is 49.2 Å². The van der Waals surface area contributed by atoms with E-state index < -0.39 is 0 Å². The Kier molecular flexibility index (Phi) is 7.76. The molecule has 0 atom stereocenters. The predicted molar refractivity (Wildman–Crippen MR) is 101 cm³/mol. The number of nitroso groups, excluding NO2 is 1. The predicted octanol–water partition coefficient (Wildman–Crippen LogP) is 5.48. The Morgan fingerprint density at radius 2 is 1.28 bits per heavy atom. The van der Waals surface area contributed by atoms with Crippen molar-refractivity contribution in [1.82, 2.24) is 0 Å². The Hall–Kier alpha value is -2.56. The van der Waals surface area contributed by atoms with Crippen LogP contribution in [0, 0.1) is 4.91 Å². The summed E-state index contributed by atoms with van der Waals surface area (Å²) in [5, 5.41) is 0. The van der Waals surface area contributed by atoms with Crippen LogP contribution in [0.3, 0.4) is 0 Å². The van der Waals surface area contributed by atoms with Gasteiger partial charge in [0.15, 0.2) is 4.87 Å². The third-order valence-electron chi connectivity index (χ3n) is 3.69. The molecule has 0 saturated heterocycles. The zero-order valence-corrected chi connectivity index (χ0v) is 15.0. The molecule has 5 heteroatoms. The van der Waals surface area contributed by atoms with Crippen LogP contribution in [0.25, 0.3) is 0 Å². The van der Waals surface area contributed by atoms with Crippen LogP contribution in [-0.4, -0.2) is 18.1 Å². The molecule has 0 aliphatic heterocycles. The van der Waals surface area contributed by atoms with Gasteiger partial charge in [0.1, 0.15) is 17.2 Å². The van der Waals surface area contributed by atoms with E-state index in [1.54, 1.807) is 12.1 Å². The lowest BCUT2D eigenvalue weighted by Gasteiger charge is -2.06. The number of hydrazine groups is 1. The zero-order chi connectivity index (χ0) is 17.9. The fraction of sp³-hybridized carbons (Fsp3) is 0.400. The molecule has 25 heavy (non-hydrogen) atoms. The van der Waals surface area contributed by atoms with Gasteiger partial charge in [-0.3, -0.25) is 0 Å². The minimum Gasteiger partial charge on any atom is -0.494 e. The maximum absolute atomic E-state index is 12.2. The van der Waals surface area contributed by atoms with Gasteiger partial charge in [-0.1, -0.05) is 26.7 Å². The van der Waals surface area contributed by atoms with Gasteiger partial charge in [0, 0.05) is 12.1 Å². The molecule has 134 valence electrons. The molecule has 2 aromatic carbocycles. The molecular formula is C20H27N2O3+. The molecule has 0 bridgehead atoms. The lowest BCUT2D eigenvalue weighted by Crippen LogP contribution is -2.10. The van der Waals surface area contributed by atoms with Gasteiger partial charge in [0.05, 0.1) is 18.1 Å². The van der Waals surface area contributed by atoms with Gasteiger partial charge in [0.2, 0.25) is 0 Å². The summed E-state index contributed by atoms with van der Waals surface area (Å²) in [7, 11) is 0. The molecule has 0 amide bonds. The van der Waals surface area contributed by atoms with Gasteiger partial charge in [0.25, 0.3) is 5.69 Å². The number of ether oxygens (including phenoxy) is 2. The van der Waals surface area contributed by atoms with E-state index in [1.165, 1.54) is 0 Å². The van der Waals surface area contributed by atoms with E-state index >= 15 is 0 Å². The standard InChI is InChI=1S/C20H27N2O3/c1-3-5-15-24-19-11-7-17(8-12-19)21-22(23)18-9-13-20(14-10-18)25-16-6-4-2/h7-14H,3-6,15-16H2,1-2H3,(H,21,23)/q+1. The summed E-state index contributed by atoms with van der Waals surface area (Å²) in [5.41, 5.74) is 4.03. The monoisotopic (exact) mass is 343 g/mol. The lowest BCUT2D eigenvalue weighted by atomic mass is 10.3. The Morgan fingerprint density at radius 1 is 0.800 bits per heavy atom. The molecule has 5 nitrogen and oxygen atoms in total.